The Morgan fingerprint density at radius 3 is 2.69 bits per heavy atom. The van der Waals surface area contributed by atoms with Crippen molar-refractivity contribution >= 4 is 43.2 Å². The Hall–Kier alpha value is -3.23. The van der Waals surface area contributed by atoms with Gasteiger partial charge in [0.05, 0.1) is 18.7 Å². The highest BCUT2D eigenvalue weighted by Crippen LogP contribution is 2.31. The molecular formula is C24H23N3O4S. The van der Waals surface area contributed by atoms with Crippen molar-refractivity contribution in [3.05, 3.63) is 74.9 Å². The predicted octanol–water partition coefficient (Wildman–Crippen LogP) is 3.00. The minimum atomic E-state index is -0.484. The van der Waals surface area contributed by atoms with E-state index in [0.29, 0.717) is 16.8 Å². The maximum absolute atomic E-state index is 13.5. The number of methoxy groups -OCH3 is 1. The molecule has 0 saturated carbocycles. The Bertz CT molecular complexity index is 1450. The summed E-state index contributed by atoms with van der Waals surface area (Å²) in [6, 6.07) is 15.5. The molecule has 164 valence electrons. The largest absolute Gasteiger partial charge is 0.383 e. The molecule has 5 rings (SSSR count). The van der Waals surface area contributed by atoms with E-state index in [9.17, 15) is 14.4 Å². The van der Waals surface area contributed by atoms with E-state index in [1.165, 1.54) is 27.6 Å². The average Bonchev–Trinajstić information content (AvgIpc) is 3.21. The molecule has 3 heterocycles. The summed E-state index contributed by atoms with van der Waals surface area (Å²) in [4.78, 5) is 41.8. The molecule has 32 heavy (non-hydrogen) atoms. The number of fused-ring (bicyclic) bond motifs is 4. The molecule has 0 fully saturated rings. The van der Waals surface area contributed by atoms with Crippen molar-refractivity contribution in [3.63, 3.8) is 0 Å². The number of amides is 1. The number of ether oxygens (including phenoxy) is 1. The molecule has 0 unspecified atom stereocenters. The number of aryl methyl sites for hydroxylation is 1. The summed E-state index contributed by atoms with van der Waals surface area (Å²) in [5.74, 6) is -0.159. The van der Waals surface area contributed by atoms with Gasteiger partial charge < -0.3 is 9.64 Å². The van der Waals surface area contributed by atoms with Crippen LogP contribution in [0.5, 0.6) is 0 Å². The first-order valence-corrected chi connectivity index (χ1v) is 11.4. The van der Waals surface area contributed by atoms with Crippen molar-refractivity contribution in [2.75, 3.05) is 25.2 Å². The molecule has 1 amide bonds. The van der Waals surface area contributed by atoms with Gasteiger partial charge in [-0.15, -0.1) is 11.3 Å². The molecule has 2 aromatic heterocycles. The normalized spacial score (nSPS) is 13.6. The van der Waals surface area contributed by atoms with Crippen molar-refractivity contribution in [1.29, 1.82) is 0 Å². The number of nitrogens with zero attached hydrogens (tertiary/aromatic N) is 3. The first-order chi connectivity index (χ1) is 15.6. The number of carbonyl (C=O) groups excluding carboxylic acids is 1. The topological polar surface area (TPSA) is 73.5 Å². The predicted molar refractivity (Wildman–Crippen MR) is 127 cm³/mol. The zero-order valence-corrected chi connectivity index (χ0v) is 18.6. The molecular weight excluding hydrogens is 426 g/mol. The number of hydrogen-bond acceptors (Lipinski definition) is 5. The molecule has 1 aliphatic rings. The van der Waals surface area contributed by atoms with Crippen LogP contribution in [0, 0.1) is 0 Å². The third-order valence-electron chi connectivity index (χ3n) is 5.96. The lowest BCUT2D eigenvalue weighted by Gasteiger charge is -2.29. The quantitative estimate of drug-likeness (QED) is 0.470. The lowest BCUT2D eigenvalue weighted by molar-refractivity contribution is -0.119. The summed E-state index contributed by atoms with van der Waals surface area (Å²) in [7, 11) is 1.53. The van der Waals surface area contributed by atoms with Crippen molar-refractivity contribution in [2.24, 2.45) is 0 Å². The van der Waals surface area contributed by atoms with Crippen molar-refractivity contribution in [2.45, 2.75) is 25.9 Å². The highest BCUT2D eigenvalue weighted by atomic mass is 32.1. The molecule has 2 aromatic carbocycles. The second kappa shape index (κ2) is 8.37. The maximum Gasteiger partial charge on any atom is 0.332 e. The number of hydrogen-bond donors (Lipinski definition) is 0. The number of thiophene rings is 1. The lowest BCUT2D eigenvalue weighted by atomic mass is 10.0. The molecule has 0 radical (unpaired) electrons. The molecule has 8 heteroatoms. The van der Waals surface area contributed by atoms with Gasteiger partial charge in [-0.1, -0.05) is 36.4 Å². The number of benzene rings is 2. The number of rotatable bonds is 5. The van der Waals surface area contributed by atoms with Crippen LogP contribution in [0.4, 0.5) is 5.69 Å². The summed E-state index contributed by atoms with van der Waals surface area (Å²) < 4.78 is 9.14. The zero-order chi connectivity index (χ0) is 22.2. The van der Waals surface area contributed by atoms with Gasteiger partial charge in [0.15, 0.2) is 0 Å². The van der Waals surface area contributed by atoms with E-state index in [4.69, 9.17) is 4.74 Å². The minimum Gasteiger partial charge on any atom is -0.383 e. The van der Waals surface area contributed by atoms with Crippen molar-refractivity contribution < 1.29 is 9.53 Å². The fourth-order valence-electron chi connectivity index (χ4n) is 4.44. The van der Waals surface area contributed by atoms with E-state index in [1.54, 1.807) is 4.90 Å². The SMILES string of the molecule is COCCn1c(=O)c2sc3ccccc3c2n(CC(=O)N2CCCc3ccccc32)c1=O. The van der Waals surface area contributed by atoms with Crippen molar-refractivity contribution in [1.82, 2.24) is 9.13 Å². The Morgan fingerprint density at radius 1 is 1.06 bits per heavy atom. The monoisotopic (exact) mass is 449 g/mol. The standard InChI is InChI=1S/C24H23N3O4S/c1-31-14-13-26-23(29)22-21(17-9-3-5-11-19(17)32-22)27(24(26)30)15-20(28)25-12-6-8-16-7-2-4-10-18(16)25/h2-5,7,9-11H,6,8,12-15H2,1H3. The Balaban J connectivity index is 1.67. The number of carbonyl (C=O) groups is 1. The molecule has 1 aliphatic heterocycles. The first-order valence-electron chi connectivity index (χ1n) is 10.6. The molecule has 0 saturated heterocycles. The van der Waals surface area contributed by atoms with Crippen LogP contribution in [0.2, 0.25) is 0 Å². The van der Waals surface area contributed by atoms with Gasteiger partial charge in [0.1, 0.15) is 11.2 Å². The van der Waals surface area contributed by atoms with Gasteiger partial charge in [-0.2, -0.15) is 0 Å². The Kier molecular flexibility index (Phi) is 5.40. The average molecular weight is 450 g/mol. The fraction of sp³-hybridized carbons (Fsp3) is 0.292. The van der Waals surface area contributed by atoms with Crippen LogP contribution in [0.25, 0.3) is 20.3 Å². The number of anilines is 1. The van der Waals surface area contributed by atoms with E-state index in [1.807, 2.05) is 48.5 Å². The van der Waals surface area contributed by atoms with Crippen LogP contribution >= 0.6 is 11.3 Å². The number of aromatic nitrogens is 2. The van der Waals surface area contributed by atoms with Crippen LogP contribution in [0.1, 0.15) is 12.0 Å². The maximum atomic E-state index is 13.5. The van der Waals surface area contributed by atoms with Crippen LogP contribution in [-0.4, -0.2) is 35.3 Å². The van der Waals surface area contributed by atoms with Crippen LogP contribution < -0.4 is 16.1 Å². The lowest BCUT2D eigenvalue weighted by Crippen LogP contribution is -2.44. The fourth-order valence-corrected chi connectivity index (χ4v) is 5.59. The van der Waals surface area contributed by atoms with Gasteiger partial charge in [0.25, 0.3) is 5.56 Å². The van der Waals surface area contributed by atoms with Gasteiger partial charge in [-0.3, -0.25) is 18.7 Å². The summed E-state index contributed by atoms with van der Waals surface area (Å²) in [5.41, 5.74) is 1.75. The molecule has 0 bridgehead atoms. The first kappa shape index (κ1) is 20.7. The van der Waals surface area contributed by atoms with Gasteiger partial charge in [-0.25, -0.2) is 4.79 Å². The van der Waals surface area contributed by atoms with Crippen LogP contribution in [0.15, 0.2) is 58.1 Å². The highest BCUT2D eigenvalue weighted by Gasteiger charge is 2.25. The smallest absolute Gasteiger partial charge is 0.332 e. The van der Waals surface area contributed by atoms with Crippen molar-refractivity contribution in [3.8, 4) is 0 Å². The van der Waals surface area contributed by atoms with Gasteiger partial charge in [0.2, 0.25) is 5.91 Å². The van der Waals surface area contributed by atoms with E-state index in [2.05, 4.69) is 0 Å². The summed E-state index contributed by atoms with van der Waals surface area (Å²) in [6.45, 7) is 0.858. The van der Waals surface area contributed by atoms with Gasteiger partial charge >= 0.3 is 5.69 Å². The third-order valence-corrected chi connectivity index (χ3v) is 7.11. The molecule has 0 atom stereocenters. The van der Waals surface area contributed by atoms with E-state index in [0.717, 1.165) is 34.2 Å². The summed E-state index contributed by atoms with van der Waals surface area (Å²) in [6.07, 6.45) is 1.81. The molecule has 4 aromatic rings. The Labute approximate surface area is 188 Å². The molecule has 0 N–H and O–H groups in total. The summed E-state index contributed by atoms with van der Waals surface area (Å²) in [5, 5.41) is 0.812. The zero-order valence-electron chi connectivity index (χ0n) is 17.7. The van der Waals surface area contributed by atoms with E-state index in [-0.39, 0.29) is 31.2 Å². The highest BCUT2D eigenvalue weighted by molar-refractivity contribution is 7.25. The molecule has 0 spiro atoms. The van der Waals surface area contributed by atoms with E-state index < -0.39 is 5.69 Å². The van der Waals surface area contributed by atoms with Crippen LogP contribution in [-0.2, 0) is 29.0 Å². The minimum absolute atomic E-state index is 0.127. The second-order valence-corrected chi connectivity index (χ2v) is 8.92. The van der Waals surface area contributed by atoms with E-state index >= 15 is 0 Å². The van der Waals surface area contributed by atoms with Gasteiger partial charge in [0, 0.05) is 29.4 Å². The number of para-hydroxylation sites is 1. The molecule has 0 aliphatic carbocycles. The van der Waals surface area contributed by atoms with Gasteiger partial charge in [-0.05, 0) is 30.5 Å². The van der Waals surface area contributed by atoms with Crippen LogP contribution in [0.3, 0.4) is 0 Å². The summed E-state index contributed by atoms with van der Waals surface area (Å²) >= 11 is 1.35. The third kappa shape index (κ3) is 3.36. The second-order valence-electron chi connectivity index (χ2n) is 7.87. The Morgan fingerprint density at radius 2 is 1.84 bits per heavy atom. The molecule has 7 nitrogen and oxygen atoms in total.